The number of rotatable bonds is 8. The molecule has 1 fully saturated rings. The molecule has 0 aliphatic carbocycles. The van der Waals surface area contributed by atoms with Crippen molar-refractivity contribution in [1.82, 2.24) is 5.32 Å². The van der Waals surface area contributed by atoms with Gasteiger partial charge in [0.1, 0.15) is 24.2 Å². The third-order valence-electron chi connectivity index (χ3n) is 4.47. The van der Waals surface area contributed by atoms with Crippen molar-refractivity contribution in [3.8, 4) is 0 Å². The Morgan fingerprint density at radius 2 is 1.22 bits per heavy atom. The Hall–Kier alpha value is -2.85. The van der Waals surface area contributed by atoms with Gasteiger partial charge in [0, 0.05) is 0 Å². The summed E-state index contributed by atoms with van der Waals surface area (Å²) in [6, 6.07) is -2.41. The molecule has 0 saturated carbocycles. The minimum absolute atomic E-state index is 0.0208. The first-order valence-corrected chi connectivity index (χ1v) is 11.2. The van der Waals surface area contributed by atoms with Crippen molar-refractivity contribution in [2.24, 2.45) is 34.8 Å². The van der Waals surface area contributed by atoms with E-state index in [4.69, 9.17) is 42.7 Å². The summed E-state index contributed by atoms with van der Waals surface area (Å²) in [6.07, 6.45) is 2.60. The second-order valence-corrected chi connectivity index (χ2v) is 8.07. The molecule has 0 amide bonds. The zero-order valence-corrected chi connectivity index (χ0v) is 21.6. The van der Waals surface area contributed by atoms with E-state index in [1.807, 2.05) is 13.8 Å². The van der Waals surface area contributed by atoms with Crippen LogP contribution >= 0.6 is 0 Å². The first-order valence-electron chi connectivity index (χ1n) is 11.2. The number of aliphatic carboxylic acids is 5. The van der Waals surface area contributed by atoms with E-state index in [1.165, 1.54) is 6.92 Å². The SMILES string of the molecule is CC(C)[C@H](N)C(=O)O.CC[C@H](C)[C@H](N)C(=O)O.C[C@H](N)C(=O)O.NCC(=O)O.O=C(O)[C@@H]1CCCN1. The summed E-state index contributed by atoms with van der Waals surface area (Å²) in [5, 5.41) is 43.3. The molecule has 1 aliphatic rings. The van der Waals surface area contributed by atoms with Gasteiger partial charge in [-0.3, -0.25) is 24.0 Å². The lowest BCUT2D eigenvalue weighted by atomic mass is 10.0. The van der Waals surface area contributed by atoms with E-state index in [-0.39, 0.29) is 24.4 Å². The summed E-state index contributed by atoms with van der Waals surface area (Å²) in [6.45, 7) is 9.31. The Morgan fingerprint density at radius 3 is 1.31 bits per heavy atom. The highest BCUT2D eigenvalue weighted by Gasteiger charge is 2.20. The zero-order valence-electron chi connectivity index (χ0n) is 21.6. The molecule has 1 rings (SSSR count). The van der Waals surface area contributed by atoms with Crippen molar-refractivity contribution >= 4 is 29.8 Å². The minimum Gasteiger partial charge on any atom is -0.480 e. The van der Waals surface area contributed by atoms with Gasteiger partial charge in [0.15, 0.2) is 0 Å². The van der Waals surface area contributed by atoms with E-state index in [1.54, 1.807) is 13.8 Å². The number of carboxylic acids is 5. The first kappa shape index (κ1) is 40.3. The van der Waals surface area contributed by atoms with Gasteiger partial charge in [-0.25, -0.2) is 0 Å². The van der Waals surface area contributed by atoms with Crippen LogP contribution in [-0.4, -0.2) is 92.6 Å². The van der Waals surface area contributed by atoms with E-state index in [0.29, 0.717) is 0 Å². The summed E-state index contributed by atoms with van der Waals surface area (Å²) in [7, 11) is 0. The van der Waals surface area contributed by atoms with Gasteiger partial charge in [-0.1, -0.05) is 34.1 Å². The molecule has 5 atom stereocenters. The van der Waals surface area contributed by atoms with Crippen molar-refractivity contribution in [2.45, 2.75) is 78.0 Å². The van der Waals surface area contributed by atoms with Gasteiger partial charge < -0.3 is 53.8 Å². The first-order chi connectivity index (χ1) is 16.4. The maximum atomic E-state index is 10.2. The molecule has 0 aromatic rings. The van der Waals surface area contributed by atoms with E-state index < -0.39 is 48.0 Å². The van der Waals surface area contributed by atoms with Crippen molar-refractivity contribution in [2.75, 3.05) is 13.1 Å². The zero-order chi connectivity index (χ0) is 29.6. The number of nitrogens with one attached hydrogen (secondary N) is 1. The van der Waals surface area contributed by atoms with Crippen LogP contribution in [0.15, 0.2) is 0 Å². The highest BCUT2D eigenvalue weighted by atomic mass is 16.4. The molecule has 15 nitrogen and oxygen atoms in total. The third-order valence-corrected chi connectivity index (χ3v) is 4.47. The quantitative estimate of drug-likeness (QED) is 0.177. The van der Waals surface area contributed by atoms with Crippen LogP contribution in [0, 0.1) is 11.8 Å². The number of carboxylic acid groups (broad SMARTS) is 5. The van der Waals surface area contributed by atoms with Crippen LogP contribution in [-0.2, 0) is 24.0 Å². The van der Waals surface area contributed by atoms with Crippen molar-refractivity contribution in [3.05, 3.63) is 0 Å². The summed E-state index contributed by atoms with van der Waals surface area (Å²) in [4.78, 5) is 49.1. The summed E-state index contributed by atoms with van der Waals surface area (Å²) in [5.41, 5.74) is 19.8. The third kappa shape index (κ3) is 27.4. The molecule has 15 heteroatoms. The van der Waals surface area contributed by atoms with Gasteiger partial charge in [0.2, 0.25) is 0 Å². The van der Waals surface area contributed by atoms with E-state index in [0.717, 1.165) is 25.8 Å². The van der Waals surface area contributed by atoms with Crippen molar-refractivity contribution in [3.63, 3.8) is 0 Å². The predicted octanol–water partition coefficient (Wildman–Crippen LogP) is -1.23. The monoisotopic (exact) mass is 527 g/mol. The highest BCUT2D eigenvalue weighted by Crippen LogP contribution is 2.04. The van der Waals surface area contributed by atoms with Crippen LogP contribution < -0.4 is 28.3 Å². The normalized spacial score (nSPS) is 16.9. The topological polar surface area (TPSA) is 303 Å². The smallest absolute Gasteiger partial charge is 0.320 e. The molecule has 0 bridgehead atoms. The van der Waals surface area contributed by atoms with E-state index >= 15 is 0 Å². The summed E-state index contributed by atoms with van der Waals surface area (Å²) in [5.74, 6) is -4.40. The molecule has 0 aromatic heterocycles. The molecule has 36 heavy (non-hydrogen) atoms. The molecular formula is C21H45N5O10. The van der Waals surface area contributed by atoms with E-state index in [9.17, 15) is 24.0 Å². The molecule has 0 aromatic carbocycles. The number of hydrogen-bond donors (Lipinski definition) is 10. The predicted molar refractivity (Wildman–Crippen MR) is 132 cm³/mol. The Balaban J connectivity index is -0.000000180. The second-order valence-electron chi connectivity index (χ2n) is 8.07. The van der Waals surface area contributed by atoms with Gasteiger partial charge >= 0.3 is 29.8 Å². The molecule has 0 unspecified atom stereocenters. The molecule has 0 spiro atoms. The average Bonchev–Trinajstić information content (AvgIpc) is 3.34. The molecule has 214 valence electrons. The molecule has 1 aliphatic heterocycles. The van der Waals surface area contributed by atoms with Gasteiger partial charge in [0.05, 0.1) is 6.54 Å². The molecule has 0 radical (unpaired) electrons. The number of nitrogens with two attached hydrogens (primary N) is 4. The van der Waals surface area contributed by atoms with Gasteiger partial charge in [-0.05, 0) is 38.1 Å². The maximum absolute atomic E-state index is 10.2. The van der Waals surface area contributed by atoms with Crippen molar-refractivity contribution in [1.29, 1.82) is 0 Å². The molecular weight excluding hydrogens is 482 g/mol. The summed E-state index contributed by atoms with van der Waals surface area (Å²) >= 11 is 0. The fourth-order valence-electron chi connectivity index (χ4n) is 1.68. The largest absolute Gasteiger partial charge is 0.480 e. The molecule has 1 heterocycles. The Kier molecular flexibility index (Phi) is 26.7. The fraction of sp³-hybridized carbons (Fsp3) is 0.762. The average molecular weight is 528 g/mol. The van der Waals surface area contributed by atoms with Crippen LogP contribution in [0.1, 0.15) is 53.9 Å². The van der Waals surface area contributed by atoms with Gasteiger partial charge in [0.25, 0.3) is 0 Å². The second kappa shape index (κ2) is 23.9. The molecule has 14 N–H and O–H groups in total. The Bertz CT molecular complexity index is 629. The van der Waals surface area contributed by atoms with Crippen LogP contribution in [0.5, 0.6) is 0 Å². The van der Waals surface area contributed by atoms with Gasteiger partial charge in [-0.2, -0.15) is 0 Å². The highest BCUT2D eigenvalue weighted by molar-refractivity contribution is 5.74. The Labute approximate surface area is 211 Å². The van der Waals surface area contributed by atoms with Gasteiger partial charge in [-0.15, -0.1) is 0 Å². The van der Waals surface area contributed by atoms with Crippen molar-refractivity contribution < 1.29 is 49.5 Å². The molecule has 1 saturated heterocycles. The minimum atomic E-state index is -0.968. The Morgan fingerprint density at radius 1 is 0.833 bits per heavy atom. The number of carbonyl (C=O) groups is 5. The lowest BCUT2D eigenvalue weighted by molar-refractivity contribution is -0.140. The van der Waals surface area contributed by atoms with Crippen LogP contribution in [0.4, 0.5) is 0 Å². The van der Waals surface area contributed by atoms with Crippen LogP contribution in [0.25, 0.3) is 0 Å². The standard InChI is InChI=1S/C6H13NO2.C5H9NO2.C5H11NO2.C3H7NO2.C2H5NO2/c1-3-4(2)5(7)6(8)9;7-5(8)4-2-1-3-6-4;1-3(2)4(6)5(7)8;1-2(4)3(5)6;3-1-2(4)5/h4-5H,3,7H2,1-2H3,(H,8,9);4,6H,1-3H2,(H,7,8);3-4H,6H2,1-2H3,(H,7,8);2H,4H2,1H3,(H,5,6);1,3H2,(H,4,5)/t4-,5-;2*4-;2-;/m0000./s1. The number of hydrogen-bond acceptors (Lipinski definition) is 10. The van der Waals surface area contributed by atoms with Crippen LogP contribution in [0.3, 0.4) is 0 Å². The lowest BCUT2D eigenvalue weighted by Gasteiger charge is -2.11. The summed E-state index contributed by atoms with van der Waals surface area (Å²) < 4.78 is 0. The lowest BCUT2D eigenvalue weighted by Crippen LogP contribution is -2.36. The van der Waals surface area contributed by atoms with E-state index in [2.05, 4.69) is 11.1 Å². The van der Waals surface area contributed by atoms with Crippen LogP contribution in [0.2, 0.25) is 0 Å². The maximum Gasteiger partial charge on any atom is 0.320 e. The fourth-order valence-corrected chi connectivity index (χ4v) is 1.68.